The highest BCUT2D eigenvalue weighted by atomic mass is 35.5. The zero-order chi connectivity index (χ0) is 27.1. The molecule has 0 unspecified atom stereocenters. The number of halogens is 1. The second kappa shape index (κ2) is 13.0. The average molecular weight is 539 g/mol. The van der Waals surface area contributed by atoms with Crippen LogP contribution in [-0.2, 0) is 0 Å². The van der Waals surface area contributed by atoms with Gasteiger partial charge in [-0.25, -0.2) is 9.98 Å². The van der Waals surface area contributed by atoms with Crippen LogP contribution < -0.4 is 22.9 Å². The van der Waals surface area contributed by atoms with Gasteiger partial charge in [-0.15, -0.1) is 12.4 Å². The van der Waals surface area contributed by atoms with Gasteiger partial charge in [0.05, 0.1) is 11.4 Å². The summed E-state index contributed by atoms with van der Waals surface area (Å²) in [6, 6.07) is 30.8. The second-order valence-corrected chi connectivity index (χ2v) is 8.46. The van der Waals surface area contributed by atoms with Crippen LogP contribution in [0.2, 0.25) is 0 Å². The Bertz CT molecular complexity index is 1400. The first kappa shape index (κ1) is 28.6. The van der Waals surface area contributed by atoms with Gasteiger partial charge in [-0.3, -0.25) is 9.98 Å². The summed E-state index contributed by atoms with van der Waals surface area (Å²) in [6.45, 7) is 0. The third-order valence-corrected chi connectivity index (χ3v) is 6.00. The SMILES string of the molecule is CN=C(N)c1ccc(N=C(N)c2ccc(-c3ccc(C(N)=Nc4ccc(C(N)=NC)cc4)cc3)cc2)cc1.Cl. The number of aliphatic imine (C=N–C) groups is 4. The first-order valence-corrected chi connectivity index (χ1v) is 11.9. The van der Waals surface area contributed by atoms with Crippen molar-refractivity contribution in [2.45, 2.75) is 0 Å². The Morgan fingerprint density at radius 1 is 0.410 bits per heavy atom. The van der Waals surface area contributed by atoms with Gasteiger partial charge in [0.2, 0.25) is 0 Å². The molecule has 0 saturated carbocycles. The molecule has 8 N–H and O–H groups in total. The van der Waals surface area contributed by atoms with Crippen LogP contribution in [0.15, 0.2) is 117 Å². The van der Waals surface area contributed by atoms with Crippen LogP contribution in [0.4, 0.5) is 11.4 Å². The molecule has 0 aliphatic rings. The van der Waals surface area contributed by atoms with E-state index in [4.69, 9.17) is 22.9 Å². The van der Waals surface area contributed by atoms with E-state index in [9.17, 15) is 0 Å². The lowest BCUT2D eigenvalue weighted by atomic mass is 10.0. The molecule has 4 aromatic carbocycles. The molecule has 0 aromatic heterocycles. The summed E-state index contributed by atoms with van der Waals surface area (Å²) >= 11 is 0. The molecule has 0 spiro atoms. The van der Waals surface area contributed by atoms with Gasteiger partial charge in [0.15, 0.2) is 0 Å². The number of hydrogen-bond donors (Lipinski definition) is 4. The van der Waals surface area contributed by atoms with E-state index in [1.165, 1.54) is 0 Å². The van der Waals surface area contributed by atoms with Crippen LogP contribution in [0.3, 0.4) is 0 Å². The molecule has 39 heavy (non-hydrogen) atoms. The third kappa shape index (κ3) is 7.09. The molecule has 8 nitrogen and oxygen atoms in total. The van der Waals surface area contributed by atoms with Gasteiger partial charge in [-0.2, -0.15) is 0 Å². The van der Waals surface area contributed by atoms with E-state index in [1.807, 2.05) is 97.1 Å². The van der Waals surface area contributed by atoms with Crippen LogP contribution in [0.1, 0.15) is 22.3 Å². The quantitative estimate of drug-likeness (QED) is 0.202. The van der Waals surface area contributed by atoms with Gasteiger partial charge in [0.1, 0.15) is 23.3 Å². The summed E-state index contributed by atoms with van der Waals surface area (Å²) in [6.07, 6.45) is 0. The summed E-state index contributed by atoms with van der Waals surface area (Å²) in [5.74, 6) is 1.81. The van der Waals surface area contributed by atoms with Crippen LogP contribution in [0, 0.1) is 0 Å². The summed E-state index contributed by atoms with van der Waals surface area (Å²) in [5.41, 5.74) is 31.1. The molecular formula is C30H31ClN8. The minimum atomic E-state index is 0. The third-order valence-electron chi connectivity index (χ3n) is 6.00. The summed E-state index contributed by atoms with van der Waals surface area (Å²) in [5, 5.41) is 0. The van der Waals surface area contributed by atoms with Gasteiger partial charge in [-0.05, 0) is 59.7 Å². The van der Waals surface area contributed by atoms with Crippen molar-refractivity contribution in [2.24, 2.45) is 42.9 Å². The fourth-order valence-electron chi connectivity index (χ4n) is 3.75. The average Bonchev–Trinajstić information content (AvgIpc) is 2.97. The summed E-state index contributed by atoms with van der Waals surface area (Å²) in [4.78, 5) is 17.0. The molecule has 0 heterocycles. The maximum absolute atomic E-state index is 6.25. The molecule has 4 rings (SSSR count). The fraction of sp³-hybridized carbons (Fsp3) is 0.0667. The molecule has 4 aromatic rings. The zero-order valence-electron chi connectivity index (χ0n) is 21.7. The molecular weight excluding hydrogens is 508 g/mol. The van der Waals surface area contributed by atoms with Gasteiger partial charge >= 0.3 is 0 Å². The predicted octanol–water partition coefficient (Wildman–Crippen LogP) is 4.52. The maximum Gasteiger partial charge on any atom is 0.131 e. The lowest BCUT2D eigenvalue weighted by Gasteiger charge is -2.07. The number of amidine groups is 4. The molecule has 0 atom stereocenters. The molecule has 0 aliphatic carbocycles. The van der Waals surface area contributed by atoms with Crippen LogP contribution in [0.25, 0.3) is 11.1 Å². The molecule has 0 saturated heterocycles. The van der Waals surface area contributed by atoms with Crippen LogP contribution in [0.5, 0.6) is 0 Å². The van der Waals surface area contributed by atoms with E-state index in [0.29, 0.717) is 23.3 Å². The molecule has 0 fully saturated rings. The van der Waals surface area contributed by atoms with Crippen molar-refractivity contribution in [1.82, 2.24) is 0 Å². The van der Waals surface area contributed by atoms with E-state index < -0.39 is 0 Å². The lowest BCUT2D eigenvalue weighted by Crippen LogP contribution is -2.13. The van der Waals surface area contributed by atoms with Crippen molar-refractivity contribution >= 4 is 47.1 Å². The van der Waals surface area contributed by atoms with E-state index in [1.54, 1.807) is 14.1 Å². The highest BCUT2D eigenvalue weighted by Crippen LogP contribution is 2.22. The molecule has 0 radical (unpaired) electrons. The maximum atomic E-state index is 6.25. The number of hydrogen-bond acceptors (Lipinski definition) is 4. The Labute approximate surface area is 234 Å². The number of nitrogens with two attached hydrogens (primary N) is 4. The number of rotatable bonds is 7. The van der Waals surface area contributed by atoms with Gasteiger partial charge in [0, 0.05) is 36.3 Å². The summed E-state index contributed by atoms with van der Waals surface area (Å²) in [7, 11) is 3.31. The Morgan fingerprint density at radius 2 is 0.667 bits per heavy atom. The predicted molar refractivity (Wildman–Crippen MR) is 166 cm³/mol. The van der Waals surface area contributed by atoms with Crippen molar-refractivity contribution in [3.63, 3.8) is 0 Å². The first-order chi connectivity index (χ1) is 18.4. The smallest absolute Gasteiger partial charge is 0.131 e. The Hall–Kier alpha value is -4.95. The van der Waals surface area contributed by atoms with E-state index in [0.717, 1.165) is 44.8 Å². The zero-order valence-corrected chi connectivity index (χ0v) is 22.6. The molecule has 0 aliphatic heterocycles. The Morgan fingerprint density at radius 3 is 0.949 bits per heavy atom. The van der Waals surface area contributed by atoms with Crippen molar-refractivity contribution in [1.29, 1.82) is 0 Å². The van der Waals surface area contributed by atoms with Gasteiger partial charge < -0.3 is 22.9 Å². The van der Waals surface area contributed by atoms with Gasteiger partial charge in [-0.1, -0.05) is 48.5 Å². The minimum absolute atomic E-state index is 0. The van der Waals surface area contributed by atoms with Crippen molar-refractivity contribution < 1.29 is 0 Å². The lowest BCUT2D eigenvalue weighted by molar-refractivity contribution is 1.38. The Balaban J connectivity index is 0.00000420. The van der Waals surface area contributed by atoms with E-state index in [2.05, 4.69) is 20.0 Å². The topological polar surface area (TPSA) is 154 Å². The largest absolute Gasteiger partial charge is 0.384 e. The molecule has 198 valence electrons. The van der Waals surface area contributed by atoms with Crippen LogP contribution in [-0.4, -0.2) is 37.4 Å². The van der Waals surface area contributed by atoms with Gasteiger partial charge in [0.25, 0.3) is 0 Å². The molecule has 0 amide bonds. The number of nitrogens with zero attached hydrogens (tertiary/aromatic N) is 4. The normalized spacial score (nSPS) is 12.7. The highest BCUT2D eigenvalue weighted by molar-refractivity contribution is 6.01. The Kier molecular flexibility index (Phi) is 9.56. The monoisotopic (exact) mass is 538 g/mol. The first-order valence-electron chi connectivity index (χ1n) is 11.9. The van der Waals surface area contributed by atoms with Crippen molar-refractivity contribution in [3.8, 4) is 11.1 Å². The van der Waals surface area contributed by atoms with E-state index >= 15 is 0 Å². The molecule has 0 bridgehead atoms. The van der Waals surface area contributed by atoms with E-state index in [-0.39, 0.29) is 12.4 Å². The fourth-order valence-corrected chi connectivity index (χ4v) is 3.75. The molecule has 9 heteroatoms. The second-order valence-electron chi connectivity index (χ2n) is 8.46. The minimum Gasteiger partial charge on any atom is -0.384 e. The summed E-state index contributed by atoms with van der Waals surface area (Å²) < 4.78 is 0. The van der Waals surface area contributed by atoms with Crippen LogP contribution >= 0.6 is 12.4 Å². The van der Waals surface area contributed by atoms with Crippen molar-refractivity contribution in [2.75, 3.05) is 14.1 Å². The van der Waals surface area contributed by atoms with Crippen molar-refractivity contribution in [3.05, 3.63) is 119 Å². The highest BCUT2D eigenvalue weighted by Gasteiger charge is 2.05. The number of benzene rings is 4. The standard InChI is InChI=1S/C30H30N8.ClH/c1-35-27(31)21-11-15-25(16-12-21)37-29(33)23-7-3-19(4-8-23)20-5-9-24(10-6-20)30(34)38-26-17-13-22(14-18-26)28(32)36-2;/h3-18H,1-2H3,(H2,31,35)(H2,32,36)(H2,33,37)(H2,34,38);1H.